The molecule has 0 aliphatic heterocycles. The lowest BCUT2D eigenvalue weighted by Crippen LogP contribution is -2.31. The molecule has 1 atom stereocenters. The second-order valence-electron chi connectivity index (χ2n) is 5.93. The van der Waals surface area contributed by atoms with Crippen LogP contribution in [0.25, 0.3) is 0 Å². The molecule has 4 nitrogen and oxygen atoms in total. The van der Waals surface area contributed by atoms with Crippen molar-refractivity contribution in [3.8, 4) is 5.75 Å². The fourth-order valence-electron chi connectivity index (χ4n) is 2.79. The third kappa shape index (κ3) is 4.63. The van der Waals surface area contributed by atoms with Gasteiger partial charge in [-0.05, 0) is 47.5 Å². The van der Waals surface area contributed by atoms with Crippen LogP contribution in [0.15, 0.2) is 67.0 Å². The van der Waals surface area contributed by atoms with Crippen molar-refractivity contribution in [2.75, 3.05) is 7.11 Å². The molecule has 0 saturated heterocycles. The monoisotopic (exact) mass is 384 g/mol. The standard InChI is InChI=1S/C21H18ClFN2O2/c1-27-16-7-5-14(6-8-16)21(15-9-11-24-12-10-15)25-20(26)13-17-18(22)3-2-4-19(17)23/h2-12,21H,13H2,1H3,(H,25,26). The number of rotatable bonds is 6. The molecule has 3 aromatic rings. The predicted octanol–water partition coefficient (Wildman–Crippen LogP) is 4.33. The average molecular weight is 385 g/mol. The number of carbonyl (C=O) groups is 1. The van der Waals surface area contributed by atoms with Gasteiger partial charge in [0.05, 0.1) is 19.6 Å². The zero-order valence-corrected chi connectivity index (χ0v) is 15.4. The molecule has 27 heavy (non-hydrogen) atoms. The minimum Gasteiger partial charge on any atom is -0.497 e. The maximum Gasteiger partial charge on any atom is 0.225 e. The van der Waals surface area contributed by atoms with Gasteiger partial charge in [0, 0.05) is 23.0 Å². The van der Waals surface area contributed by atoms with Gasteiger partial charge in [0.1, 0.15) is 11.6 Å². The van der Waals surface area contributed by atoms with Gasteiger partial charge in [0.25, 0.3) is 0 Å². The lowest BCUT2D eigenvalue weighted by atomic mass is 9.99. The third-order valence-electron chi connectivity index (χ3n) is 4.19. The summed E-state index contributed by atoms with van der Waals surface area (Å²) < 4.78 is 19.2. The van der Waals surface area contributed by atoms with Crippen LogP contribution in [0.3, 0.4) is 0 Å². The van der Waals surface area contributed by atoms with Crippen LogP contribution >= 0.6 is 11.6 Å². The molecule has 0 bridgehead atoms. The molecule has 0 spiro atoms. The smallest absolute Gasteiger partial charge is 0.225 e. The van der Waals surface area contributed by atoms with Gasteiger partial charge in [-0.2, -0.15) is 0 Å². The van der Waals surface area contributed by atoms with Crippen LogP contribution in [-0.2, 0) is 11.2 Å². The second-order valence-corrected chi connectivity index (χ2v) is 6.34. The first-order chi connectivity index (χ1) is 13.1. The number of nitrogens with one attached hydrogen (secondary N) is 1. The second kappa shape index (κ2) is 8.64. The summed E-state index contributed by atoms with van der Waals surface area (Å²) in [4.78, 5) is 16.6. The van der Waals surface area contributed by atoms with Crippen molar-refractivity contribution >= 4 is 17.5 Å². The Morgan fingerprint density at radius 2 is 1.78 bits per heavy atom. The molecule has 1 amide bonds. The van der Waals surface area contributed by atoms with Gasteiger partial charge in [-0.15, -0.1) is 0 Å². The Bertz CT molecular complexity index is 897. The van der Waals surface area contributed by atoms with Gasteiger partial charge in [-0.3, -0.25) is 9.78 Å². The first kappa shape index (κ1) is 18.9. The number of carbonyl (C=O) groups excluding carboxylic acids is 1. The van der Waals surface area contributed by atoms with Crippen molar-refractivity contribution in [3.05, 3.63) is 94.5 Å². The molecule has 0 aliphatic rings. The van der Waals surface area contributed by atoms with Gasteiger partial charge in [-0.25, -0.2) is 4.39 Å². The highest BCUT2D eigenvalue weighted by molar-refractivity contribution is 6.31. The number of hydrogen-bond acceptors (Lipinski definition) is 3. The van der Waals surface area contributed by atoms with E-state index in [4.69, 9.17) is 16.3 Å². The van der Waals surface area contributed by atoms with Crippen LogP contribution in [0.1, 0.15) is 22.7 Å². The van der Waals surface area contributed by atoms with E-state index >= 15 is 0 Å². The molecule has 0 saturated carbocycles. The zero-order valence-electron chi connectivity index (χ0n) is 14.7. The minimum atomic E-state index is -0.498. The van der Waals surface area contributed by atoms with Crippen molar-refractivity contribution in [2.24, 2.45) is 0 Å². The molecule has 1 unspecified atom stereocenters. The first-order valence-corrected chi connectivity index (χ1v) is 8.72. The average Bonchev–Trinajstić information content (AvgIpc) is 2.70. The third-order valence-corrected chi connectivity index (χ3v) is 4.55. The maximum absolute atomic E-state index is 14.0. The summed E-state index contributed by atoms with van der Waals surface area (Å²) in [5.74, 6) is -0.112. The van der Waals surface area contributed by atoms with E-state index < -0.39 is 11.9 Å². The number of ether oxygens (including phenoxy) is 1. The number of nitrogens with zero attached hydrogens (tertiary/aromatic N) is 1. The number of amides is 1. The maximum atomic E-state index is 14.0. The van der Waals surface area contributed by atoms with E-state index in [0.29, 0.717) is 0 Å². The molecule has 6 heteroatoms. The normalized spacial score (nSPS) is 11.7. The van der Waals surface area contributed by atoms with E-state index in [1.165, 1.54) is 12.1 Å². The summed E-state index contributed by atoms with van der Waals surface area (Å²) in [6, 6.07) is 15.0. The fourth-order valence-corrected chi connectivity index (χ4v) is 3.01. The molecule has 138 valence electrons. The van der Waals surface area contributed by atoms with Crippen molar-refractivity contribution in [2.45, 2.75) is 12.5 Å². The lowest BCUT2D eigenvalue weighted by Gasteiger charge is -2.20. The summed E-state index contributed by atoms with van der Waals surface area (Å²) >= 11 is 6.04. The molecule has 0 radical (unpaired) electrons. The first-order valence-electron chi connectivity index (χ1n) is 8.34. The van der Waals surface area contributed by atoms with Crippen LogP contribution in [0, 0.1) is 5.82 Å². The fraction of sp³-hybridized carbons (Fsp3) is 0.143. The number of hydrogen-bond donors (Lipinski definition) is 1. The van der Waals surface area contributed by atoms with Crippen LogP contribution in [0.2, 0.25) is 5.02 Å². The Balaban J connectivity index is 1.86. The van der Waals surface area contributed by atoms with Crippen molar-refractivity contribution < 1.29 is 13.9 Å². The SMILES string of the molecule is COc1ccc(C(NC(=O)Cc2c(F)cccc2Cl)c2ccncc2)cc1. The van der Waals surface area contributed by atoms with Crippen LogP contribution in [0.4, 0.5) is 4.39 Å². The highest BCUT2D eigenvalue weighted by Crippen LogP contribution is 2.25. The van der Waals surface area contributed by atoms with Crippen molar-refractivity contribution in [1.29, 1.82) is 0 Å². The van der Waals surface area contributed by atoms with Crippen molar-refractivity contribution in [1.82, 2.24) is 10.3 Å². The zero-order chi connectivity index (χ0) is 19.2. The van der Waals surface area contributed by atoms with Crippen LogP contribution < -0.4 is 10.1 Å². The van der Waals surface area contributed by atoms with Crippen LogP contribution in [-0.4, -0.2) is 18.0 Å². The van der Waals surface area contributed by atoms with E-state index in [9.17, 15) is 9.18 Å². The summed E-state index contributed by atoms with van der Waals surface area (Å²) in [6.45, 7) is 0. The van der Waals surface area contributed by atoms with Gasteiger partial charge >= 0.3 is 0 Å². The Hall–Kier alpha value is -2.92. The summed E-state index contributed by atoms with van der Waals surface area (Å²) in [5, 5.41) is 3.19. The highest BCUT2D eigenvalue weighted by Gasteiger charge is 2.19. The quantitative estimate of drug-likeness (QED) is 0.688. The van der Waals surface area contributed by atoms with Gasteiger partial charge in [0.2, 0.25) is 5.91 Å². The summed E-state index contributed by atoms with van der Waals surface area (Å²) in [7, 11) is 1.59. The number of methoxy groups -OCH3 is 1. The molecule has 0 aliphatic carbocycles. The van der Waals surface area contributed by atoms with E-state index in [0.717, 1.165) is 16.9 Å². The molecular weight excluding hydrogens is 367 g/mol. The van der Waals surface area contributed by atoms with Gasteiger partial charge in [0.15, 0.2) is 0 Å². The Morgan fingerprint density at radius 3 is 2.41 bits per heavy atom. The topological polar surface area (TPSA) is 51.2 Å². The van der Waals surface area contributed by atoms with Gasteiger partial charge < -0.3 is 10.1 Å². The van der Waals surface area contributed by atoms with E-state index in [2.05, 4.69) is 10.3 Å². The minimum absolute atomic E-state index is 0.150. The Morgan fingerprint density at radius 1 is 1.11 bits per heavy atom. The van der Waals surface area contributed by atoms with Gasteiger partial charge in [-0.1, -0.05) is 29.8 Å². The number of aromatic nitrogens is 1. The molecule has 1 heterocycles. The molecule has 1 aromatic heterocycles. The highest BCUT2D eigenvalue weighted by atomic mass is 35.5. The number of pyridine rings is 1. The largest absolute Gasteiger partial charge is 0.497 e. The van der Waals surface area contributed by atoms with Crippen LogP contribution in [0.5, 0.6) is 5.75 Å². The van der Waals surface area contributed by atoms with E-state index in [1.807, 2.05) is 36.4 Å². The number of benzene rings is 2. The molecule has 1 N–H and O–H groups in total. The van der Waals surface area contributed by atoms with Crippen molar-refractivity contribution in [3.63, 3.8) is 0 Å². The Labute approximate surface area is 162 Å². The van der Waals surface area contributed by atoms with E-state index in [-0.39, 0.29) is 22.9 Å². The number of halogens is 2. The molecule has 0 fully saturated rings. The molecule has 2 aromatic carbocycles. The lowest BCUT2D eigenvalue weighted by molar-refractivity contribution is -0.121. The molecule has 3 rings (SSSR count). The Kier molecular flexibility index (Phi) is 6.04. The van der Waals surface area contributed by atoms with E-state index in [1.54, 1.807) is 25.6 Å². The summed E-state index contributed by atoms with van der Waals surface area (Å²) in [5.41, 5.74) is 1.91. The predicted molar refractivity (Wildman–Crippen MR) is 102 cm³/mol. The molecular formula is C21H18ClFN2O2. The summed E-state index contributed by atoms with van der Waals surface area (Å²) in [6.07, 6.45) is 3.17.